The SMILES string of the molecule is C=C(C)C(=O)OCCOCC(=O)OC1(CC)C2CC3CC(C2)CC1C3. The van der Waals surface area contributed by atoms with Gasteiger partial charge in [0.2, 0.25) is 0 Å². The van der Waals surface area contributed by atoms with Crippen LogP contribution in [-0.2, 0) is 23.8 Å². The average Bonchev–Trinajstić information content (AvgIpc) is 2.57. The second-order valence-electron chi connectivity index (χ2n) is 8.06. The molecule has 140 valence electrons. The zero-order valence-corrected chi connectivity index (χ0v) is 15.4. The van der Waals surface area contributed by atoms with E-state index in [9.17, 15) is 9.59 Å². The molecule has 0 spiro atoms. The summed E-state index contributed by atoms with van der Waals surface area (Å²) in [5.41, 5.74) is 0.0755. The Bertz CT molecular complexity index is 510. The lowest BCUT2D eigenvalue weighted by Crippen LogP contribution is -2.59. The number of esters is 2. The fourth-order valence-electron chi connectivity index (χ4n) is 5.51. The molecule has 0 aromatic heterocycles. The lowest BCUT2D eigenvalue weighted by Gasteiger charge is -2.60. The predicted molar refractivity (Wildman–Crippen MR) is 92.8 cm³/mol. The van der Waals surface area contributed by atoms with E-state index in [-0.39, 0.29) is 31.4 Å². The summed E-state index contributed by atoms with van der Waals surface area (Å²) in [6, 6.07) is 0. The minimum atomic E-state index is -0.440. The lowest BCUT2D eigenvalue weighted by atomic mass is 9.49. The molecule has 0 atom stereocenters. The van der Waals surface area contributed by atoms with Crippen molar-refractivity contribution in [3.8, 4) is 0 Å². The predicted octanol–water partition coefficient (Wildman–Crippen LogP) is 3.27. The van der Waals surface area contributed by atoms with Gasteiger partial charge in [0.25, 0.3) is 0 Å². The first-order valence-electron chi connectivity index (χ1n) is 9.56. The molecule has 5 heteroatoms. The first-order chi connectivity index (χ1) is 11.9. The highest BCUT2D eigenvalue weighted by Gasteiger charge is 2.58. The highest BCUT2D eigenvalue weighted by atomic mass is 16.6. The van der Waals surface area contributed by atoms with Gasteiger partial charge in [-0.25, -0.2) is 9.59 Å². The third kappa shape index (κ3) is 3.76. The summed E-state index contributed by atoms with van der Waals surface area (Å²) >= 11 is 0. The Labute approximate surface area is 150 Å². The molecule has 4 rings (SSSR count). The van der Waals surface area contributed by atoms with E-state index in [0.29, 0.717) is 17.4 Å². The minimum Gasteiger partial charge on any atom is -0.460 e. The third-order valence-corrected chi connectivity index (χ3v) is 6.41. The Morgan fingerprint density at radius 3 is 2.16 bits per heavy atom. The minimum absolute atomic E-state index is 0.0847. The number of hydrogen-bond donors (Lipinski definition) is 0. The number of hydrogen-bond acceptors (Lipinski definition) is 5. The van der Waals surface area contributed by atoms with Crippen LogP contribution in [0.2, 0.25) is 0 Å². The van der Waals surface area contributed by atoms with Crippen molar-refractivity contribution in [2.24, 2.45) is 23.7 Å². The molecule has 0 radical (unpaired) electrons. The van der Waals surface area contributed by atoms with Gasteiger partial charge in [-0.15, -0.1) is 0 Å². The van der Waals surface area contributed by atoms with Crippen LogP contribution in [0, 0.1) is 23.7 Å². The van der Waals surface area contributed by atoms with Crippen LogP contribution in [0.25, 0.3) is 0 Å². The summed E-state index contributed by atoms with van der Waals surface area (Å²) in [6.45, 7) is 7.47. The van der Waals surface area contributed by atoms with Crippen molar-refractivity contribution in [2.45, 2.75) is 58.0 Å². The van der Waals surface area contributed by atoms with Gasteiger partial charge >= 0.3 is 11.9 Å². The normalized spacial score (nSPS) is 35.4. The van der Waals surface area contributed by atoms with E-state index >= 15 is 0 Å². The molecule has 0 N–H and O–H groups in total. The first-order valence-corrected chi connectivity index (χ1v) is 9.56. The Morgan fingerprint density at radius 2 is 1.64 bits per heavy atom. The maximum absolute atomic E-state index is 12.3. The van der Waals surface area contributed by atoms with Gasteiger partial charge in [-0.1, -0.05) is 13.5 Å². The summed E-state index contributed by atoms with van der Waals surface area (Å²) in [5.74, 6) is 2.01. The summed E-state index contributed by atoms with van der Waals surface area (Å²) in [7, 11) is 0. The molecule has 0 aromatic carbocycles. The van der Waals surface area contributed by atoms with E-state index in [0.717, 1.165) is 18.3 Å². The smallest absolute Gasteiger partial charge is 0.333 e. The lowest BCUT2D eigenvalue weighted by molar-refractivity contribution is -0.214. The van der Waals surface area contributed by atoms with Gasteiger partial charge in [-0.05, 0) is 69.1 Å². The maximum atomic E-state index is 12.3. The Balaban J connectivity index is 1.45. The molecule has 0 aliphatic heterocycles. The maximum Gasteiger partial charge on any atom is 0.333 e. The molecule has 4 bridgehead atoms. The van der Waals surface area contributed by atoms with Crippen LogP contribution < -0.4 is 0 Å². The fourth-order valence-corrected chi connectivity index (χ4v) is 5.51. The molecular weight excluding hydrogens is 320 g/mol. The average molecular weight is 350 g/mol. The quantitative estimate of drug-likeness (QED) is 0.382. The van der Waals surface area contributed by atoms with E-state index in [4.69, 9.17) is 14.2 Å². The van der Waals surface area contributed by atoms with E-state index in [1.165, 1.54) is 32.1 Å². The van der Waals surface area contributed by atoms with Crippen molar-refractivity contribution in [1.82, 2.24) is 0 Å². The molecule has 0 saturated heterocycles. The largest absolute Gasteiger partial charge is 0.460 e. The van der Waals surface area contributed by atoms with E-state index in [2.05, 4.69) is 13.5 Å². The fraction of sp³-hybridized carbons (Fsp3) is 0.800. The van der Waals surface area contributed by atoms with E-state index in [1.807, 2.05) is 0 Å². The highest BCUT2D eigenvalue weighted by molar-refractivity contribution is 5.86. The molecule has 0 aromatic rings. The van der Waals surface area contributed by atoms with E-state index < -0.39 is 5.97 Å². The summed E-state index contributed by atoms with van der Waals surface area (Å²) in [6.07, 6.45) is 7.13. The molecule has 0 heterocycles. The van der Waals surface area contributed by atoms with Crippen LogP contribution in [0.5, 0.6) is 0 Å². The molecule has 25 heavy (non-hydrogen) atoms. The topological polar surface area (TPSA) is 61.8 Å². The van der Waals surface area contributed by atoms with Gasteiger partial charge in [-0.2, -0.15) is 0 Å². The second-order valence-corrected chi connectivity index (χ2v) is 8.06. The van der Waals surface area contributed by atoms with Crippen LogP contribution >= 0.6 is 0 Å². The third-order valence-electron chi connectivity index (χ3n) is 6.41. The van der Waals surface area contributed by atoms with Crippen LogP contribution in [0.1, 0.15) is 52.4 Å². The molecule has 0 unspecified atom stereocenters. The van der Waals surface area contributed by atoms with Crippen LogP contribution in [0.3, 0.4) is 0 Å². The Kier molecular flexibility index (Phi) is 5.52. The second kappa shape index (κ2) is 7.48. The number of rotatable bonds is 8. The standard InChI is InChI=1S/C20H30O5/c1-4-20(16-8-14-7-15(10-16)11-17(20)9-14)25-18(21)12-23-5-6-24-19(22)13(2)3/h14-17H,2,4-12H2,1,3H3. The van der Waals surface area contributed by atoms with Crippen LogP contribution in [-0.4, -0.2) is 37.4 Å². The van der Waals surface area contributed by atoms with Crippen molar-refractivity contribution in [3.05, 3.63) is 12.2 Å². The van der Waals surface area contributed by atoms with Crippen molar-refractivity contribution >= 4 is 11.9 Å². The zero-order valence-electron chi connectivity index (χ0n) is 15.4. The van der Waals surface area contributed by atoms with Crippen molar-refractivity contribution in [1.29, 1.82) is 0 Å². The zero-order chi connectivity index (χ0) is 18.0. The van der Waals surface area contributed by atoms with Gasteiger partial charge in [0, 0.05) is 5.57 Å². The highest BCUT2D eigenvalue weighted by Crippen LogP contribution is 2.60. The molecule has 4 aliphatic rings. The molecule has 5 nitrogen and oxygen atoms in total. The van der Waals surface area contributed by atoms with Crippen LogP contribution in [0.15, 0.2) is 12.2 Å². The molecule has 4 fully saturated rings. The van der Waals surface area contributed by atoms with Gasteiger partial charge in [0.15, 0.2) is 0 Å². The number of ether oxygens (including phenoxy) is 3. The molecule has 4 saturated carbocycles. The van der Waals surface area contributed by atoms with Crippen molar-refractivity contribution in [3.63, 3.8) is 0 Å². The first kappa shape index (κ1) is 18.4. The van der Waals surface area contributed by atoms with Gasteiger partial charge in [0.05, 0.1) is 6.61 Å². The molecular formula is C20H30O5. The van der Waals surface area contributed by atoms with Gasteiger partial charge in [-0.3, -0.25) is 0 Å². The number of carbonyl (C=O) groups excluding carboxylic acids is 2. The van der Waals surface area contributed by atoms with Crippen LogP contribution in [0.4, 0.5) is 0 Å². The molecule has 0 amide bonds. The Morgan fingerprint density at radius 1 is 1.04 bits per heavy atom. The van der Waals surface area contributed by atoms with Crippen molar-refractivity contribution in [2.75, 3.05) is 19.8 Å². The summed E-state index contributed by atoms with van der Waals surface area (Å²) < 4.78 is 16.3. The summed E-state index contributed by atoms with van der Waals surface area (Å²) in [4.78, 5) is 23.6. The monoisotopic (exact) mass is 350 g/mol. The molecule has 4 aliphatic carbocycles. The van der Waals surface area contributed by atoms with Crippen molar-refractivity contribution < 1.29 is 23.8 Å². The van der Waals surface area contributed by atoms with Gasteiger partial charge in [0.1, 0.15) is 18.8 Å². The van der Waals surface area contributed by atoms with Gasteiger partial charge < -0.3 is 14.2 Å². The Hall–Kier alpha value is -1.36. The number of carbonyl (C=O) groups is 2. The summed E-state index contributed by atoms with van der Waals surface area (Å²) in [5, 5.41) is 0. The van der Waals surface area contributed by atoms with E-state index in [1.54, 1.807) is 6.92 Å².